The maximum Gasteiger partial charge on any atom is 0.338 e. The van der Waals surface area contributed by atoms with Gasteiger partial charge in [0.1, 0.15) is 11.5 Å². The van der Waals surface area contributed by atoms with Gasteiger partial charge in [-0.25, -0.2) is 4.79 Å². The summed E-state index contributed by atoms with van der Waals surface area (Å²) in [4.78, 5) is 24.2. The smallest absolute Gasteiger partial charge is 0.338 e. The molecule has 0 atom stereocenters. The molecule has 0 aliphatic rings. The number of benzene rings is 2. The predicted octanol–water partition coefficient (Wildman–Crippen LogP) is 2.24. The van der Waals surface area contributed by atoms with Crippen LogP contribution in [0.15, 0.2) is 42.5 Å². The van der Waals surface area contributed by atoms with Crippen molar-refractivity contribution in [2.45, 2.75) is 6.61 Å². The van der Waals surface area contributed by atoms with E-state index in [4.69, 9.17) is 19.3 Å². The summed E-state index contributed by atoms with van der Waals surface area (Å²) in [5, 5.41) is 8.98. The summed E-state index contributed by atoms with van der Waals surface area (Å²) >= 11 is 0. The number of hydrogen-bond acceptors (Lipinski definition) is 6. The monoisotopic (exact) mass is 330 g/mol. The van der Waals surface area contributed by atoms with Crippen LogP contribution in [-0.4, -0.2) is 37.7 Å². The third-order valence-corrected chi connectivity index (χ3v) is 3.41. The highest BCUT2D eigenvalue weighted by Gasteiger charge is 2.16. The van der Waals surface area contributed by atoms with Crippen LogP contribution in [0.5, 0.6) is 11.5 Å². The number of ketones is 1. The molecule has 2 aromatic carbocycles. The van der Waals surface area contributed by atoms with Crippen LogP contribution in [-0.2, 0) is 11.3 Å². The third-order valence-electron chi connectivity index (χ3n) is 3.41. The lowest BCUT2D eigenvalue weighted by Crippen LogP contribution is -2.15. The zero-order valence-corrected chi connectivity index (χ0v) is 13.4. The van der Waals surface area contributed by atoms with Crippen molar-refractivity contribution in [3.05, 3.63) is 59.2 Å². The lowest BCUT2D eigenvalue weighted by Gasteiger charge is -2.10. The SMILES string of the molecule is COc1ccc(OC)c(C(=O)COC(=O)c2ccc(CO)cc2)c1. The fourth-order valence-electron chi connectivity index (χ4n) is 2.07. The molecule has 0 unspecified atom stereocenters. The van der Waals surface area contributed by atoms with Crippen molar-refractivity contribution in [2.24, 2.45) is 0 Å². The largest absolute Gasteiger partial charge is 0.497 e. The van der Waals surface area contributed by atoms with E-state index < -0.39 is 18.4 Å². The molecule has 2 aromatic rings. The van der Waals surface area contributed by atoms with Crippen molar-refractivity contribution in [3.63, 3.8) is 0 Å². The Balaban J connectivity index is 2.05. The van der Waals surface area contributed by atoms with Crippen LogP contribution >= 0.6 is 0 Å². The average Bonchev–Trinajstić information content (AvgIpc) is 2.65. The summed E-state index contributed by atoms with van der Waals surface area (Å²) in [5.41, 5.74) is 1.27. The number of aliphatic hydroxyl groups is 1. The van der Waals surface area contributed by atoms with Crippen LogP contribution in [0.3, 0.4) is 0 Å². The number of esters is 1. The first kappa shape index (κ1) is 17.5. The molecule has 0 amide bonds. The Bertz CT molecular complexity index is 721. The van der Waals surface area contributed by atoms with Gasteiger partial charge in [0.25, 0.3) is 0 Å². The van der Waals surface area contributed by atoms with E-state index in [1.54, 1.807) is 24.3 Å². The van der Waals surface area contributed by atoms with Crippen LogP contribution in [0.2, 0.25) is 0 Å². The van der Waals surface area contributed by atoms with Gasteiger partial charge in [0.15, 0.2) is 6.61 Å². The number of carbonyl (C=O) groups is 2. The molecule has 1 N–H and O–H groups in total. The number of rotatable bonds is 7. The summed E-state index contributed by atoms with van der Waals surface area (Å²) in [6, 6.07) is 11.1. The van der Waals surface area contributed by atoms with E-state index in [1.807, 2.05) is 0 Å². The molecule has 0 saturated heterocycles. The molecule has 126 valence electrons. The number of ether oxygens (including phenoxy) is 3. The zero-order chi connectivity index (χ0) is 17.5. The Labute approximate surface area is 139 Å². The second kappa shape index (κ2) is 8.12. The Morgan fingerprint density at radius 3 is 2.29 bits per heavy atom. The Kier molecular flexibility index (Phi) is 5.92. The highest BCUT2D eigenvalue weighted by Crippen LogP contribution is 2.24. The maximum atomic E-state index is 12.3. The number of hydrogen-bond donors (Lipinski definition) is 1. The van der Waals surface area contributed by atoms with Crippen molar-refractivity contribution >= 4 is 11.8 Å². The molecule has 0 radical (unpaired) electrons. The fraction of sp³-hybridized carbons (Fsp3) is 0.222. The predicted molar refractivity (Wildman–Crippen MR) is 86.5 cm³/mol. The van der Waals surface area contributed by atoms with Crippen LogP contribution in [0.4, 0.5) is 0 Å². The van der Waals surface area contributed by atoms with Crippen LogP contribution < -0.4 is 9.47 Å². The van der Waals surface area contributed by atoms with E-state index in [2.05, 4.69) is 0 Å². The van der Waals surface area contributed by atoms with Gasteiger partial charge in [0.05, 0.1) is 32.0 Å². The molecule has 0 spiro atoms. The number of Topliss-reactive ketones (excluding diaryl/α,β-unsaturated/α-hetero) is 1. The second-order valence-corrected chi connectivity index (χ2v) is 4.92. The Hall–Kier alpha value is -2.86. The lowest BCUT2D eigenvalue weighted by atomic mass is 10.1. The molecule has 0 aliphatic heterocycles. The van der Waals surface area contributed by atoms with Gasteiger partial charge in [-0.1, -0.05) is 12.1 Å². The van der Waals surface area contributed by atoms with E-state index >= 15 is 0 Å². The molecule has 0 aromatic heterocycles. The lowest BCUT2D eigenvalue weighted by molar-refractivity contribution is 0.0474. The highest BCUT2D eigenvalue weighted by atomic mass is 16.5. The first-order valence-electron chi connectivity index (χ1n) is 7.21. The van der Waals surface area contributed by atoms with Gasteiger partial charge in [0, 0.05) is 0 Å². The fourth-order valence-corrected chi connectivity index (χ4v) is 2.07. The molecular formula is C18H18O6. The molecule has 0 aliphatic carbocycles. The summed E-state index contributed by atoms with van der Waals surface area (Å²) in [6.45, 7) is -0.520. The van der Waals surface area contributed by atoms with E-state index in [0.717, 1.165) is 0 Å². The summed E-state index contributed by atoms with van der Waals surface area (Å²) in [7, 11) is 2.94. The molecule has 2 rings (SSSR count). The third kappa shape index (κ3) is 4.11. The van der Waals surface area contributed by atoms with Crippen molar-refractivity contribution in [3.8, 4) is 11.5 Å². The normalized spacial score (nSPS) is 10.1. The first-order valence-corrected chi connectivity index (χ1v) is 7.21. The number of methoxy groups -OCH3 is 2. The number of carbonyl (C=O) groups excluding carboxylic acids is 2. The second-order valence-electron chi connectivity index (χ2n) is 4.92. The summed E-state index contributed by atoms with van der Waals surface area (Å²) < 4.78 is 15.3. The highest BCUT2D eigenvalue weighted by molar-refractivity contribution is 6.01. The molecule has 0 fully saturated rings. The number of aliphatic hydroxyl groups excluding tert-OH is 1. The van der Waals surface area contributed by atoms with Gasteiger partial charge in [0.2, 0.25) is 5.78 Å². The van der Waals surface area contributed by atoms with E-state index in [1.165, 1.54) is 32.4 Å². The van der Waals surface area contributed by atoms with Crippen LogP contribution in [0.25, 0.3) is 0 Å². The van der Waals surface area contributed by atoms with Gasteiger partial charge in [-0.3, -0.25) is 4.79 Å². The van der Waals surface area contributed by atoms with Crippen molar-refractivity contribution in [1.29, 1.82) is 0 Å². The maximum absolute atomic E-state index is 12.3. The molecule has 0 bridgehead atoms. The topological polar surface area (TPSA) is 82.1 Å². The van der Waals surface area contributed by atoms with Gasteiger partial charge >= 0.3 is 5.97 Å². The Morgan fingerprint density at radius 2 is 1.71 bits per heavy atom. The minimum Gasteiger partial charge on any atom is -0.497 e. The van der Waals surface area contributed by atoms with Gasteiger partial charge in [-0.15, -0.1) is 0 Å². The standard InChI is InChI=1S/C18H18O6/c1-22-14-7-8-17(23-2)15(9-14)16(20)11-24-18(21)13-5-3-12(10-19)4-6-13/h3-9,19H,10-11H2,1-2H3. The quantitative estimate of drug-likeness (QED) is 0.619. The first-order chi connectivity index (χ1) is 11.6. The van der Waals surface area contributed by atoms with Crippen LogP contribution in [0.1, 0.15) is 26.3 Å². The minimum absolute atomic E-state index is 0.108. The van der Waals surface area contributed by atoms with Crippen molar-refractivity contribution < 1.29 is 28.9 Å². The molecule has 0 heterocycles. The van der Waals surface area contributed by atoms with Gasteiger partial charge < -0.3 is 19.3 Å². The van der Waals surface area contributed by atoms with Gasteiger partial charge in [-0.05, 0) is 35.9 Å². The Morgan fingerprint density at radius 1 is 1.00 bits per heavy atom. The van der Waals surface area contributed by atoms with E-state index in [0.29, 0.717) is 22.6 Å². The molecule has 24 heavy (non-hydrogen) atoms. The van der Waals surface area contributed by atoms with E-state index in [-0.39, 0.29) is 12.2 Å². The van der Waals surface area contributed by atoms with E-state index in [9.17, 15) is 9.59 Å². The zero-order valence-electron chi connectivity index (χ0n) is 13.4. The molecular weight excluding hydrogens is 312 g/mol. The summed E-state index contributed by atoms with van der Waals surface area (Å²) in [6.07, 6.45) is 0. The van der Waals surface area contributed by atoms with Crippen LogP contribution in [0, 0.1) is 0 Å². The summed E-state index contributed by atoms with van der Waals surface area (Å²) in [5.74, 6) is -0.130. The van der Waals surface area contributed by atoms with Crippen molar-refractivity contribution in [1.82, 2.24) is 0 Å². The average molecular weight is 330 g/mol. The molecule has 0 saturated carbocycles. The minimum atomic E-state index is -0.616. The molecule has 6 nitrogen and oxygen atoms in total. The van der Waals surface area contributed by atoms with Crippen molar-refractivity contribution in [2.75, 3.05) is 20.8 Å². The molecule has 6 heteroatoms. The van der Waals surface area contributed by atoms with Gasteiger partial charge in [-0.2, -0.15) is 0 Å².